The predicted molar refractivity (Wildman–Crippen MR) is 95.4 cm³/mol. The number of carbonyl (C=O) groups excluding carboxylic acids is 3. The van der Waals surface area contributed by atoms with Crippen LogP contribution in [0.5, 0.6) is 0 Å². The summed E-state index contributed by atoms with van der Waals surface area (Å²) in [5.41, 5.74) is 0. The van der Waals surface area contributed by atoms with Gasteiger partial charge in [0.2, 0.25) is 11.8 Å². The molecule has 2 fully saturated rings. The van der Waals surface area contributed by atoms with E-state index in [0.29, 0.717) is 25.9 Å². The van der Waals surface area contributed by atoms with Crippen LogP contribution < -0.4 is 5.32 Å². The van der Waals surface area contributed by atoms with Crippen molar-refractivity contribution in [1.29, 1.82) is 0 Å². The van der Waals surface area contributed by atoms with Gasteiger partial charge in [0.15, 0.2) is 5.76 Å². The molecule has 3 amide bonds. The first-order chi connectivity index (χ1) is 12.6. The van der Waals surface area contributed by atoms with Crippen molar-refractivity contribution in [2.75, 3.05) is 32.7 Å². The van der Waals surface area contributed by atoms with Gasteiger partial charge in [-0.05, 0) is 37.8 Å². The van der Waals surface area contributed by atoms with E-state index in [1.54, 1.807) is 17.0 Å². The number of hydrogen-bond acceptors (Lipinski definition) is 4. The van der Waals surface area contributed by atoms with E-state index in [1.807, 2.05) is 4.90 Å². The van der Waals surface area contributed by atoms with Crippen molar-refractivity contribution in [3.63, 3.8) is 0 Å². The second kappa shape index (κ2) is 8.87. The molecule has 0 bridgehead atoms. The number of hydrogen-bond donors (Lipinski definition) is 1. The van der Waals surface area contributed by atoms with Crippen LogP contribution in [0.2, 0.25) is 0 Å². The van der Waals surface area contributed by atoms with E-state index in [0.717, 1.165) is 25.9 Å². The number of piperidine rings is 1. The van der Waals surface area contributed by atoms with Crippen LogP contribution >= 0.6 is 0 Å². The number of nitrogens with zero attached hydrogens (tertiary/aromatic N) is 2. The molecule has 0 saturated carbocycles. The Labute approximate surface area is 153 Å². The number of nitrogens with one attached hydrogen (secondary N) is 1. The van der Waals surface area contributed by atoms with Gasteiger partial charge >= 0.3 is 0 Å². The van der Waals surface area contributed by atoms with Gasteiger partial charge in [-0.15, -0.1) is 0 Å². The minimum absolute atomic E-state index is 0.0230. The first-order valence-electron chi connectivity index (χ1n) is 9.53. The van der Waals surface area contributed by atoms with Crippen LogP contribution in [-0.2, 0) is 9.59 Å². The molecular weight excluding hydrogens is 334 g/mol. The van der Waals surface area contributed by atoms with Gasteiger partial charge in [-0.25, -0.2) is 0 Å². The molecule has 3 heterocycles. The third-order valence-electron chi connectivity index (χ3n) is 5.26. The van der Waals surface area contributed by atoms with Gasteiger partial charge in [0.05, 0.1) is 12.8 Å². The molecule has 0 unspecified atom stereocenters. The van der Waals surface area contributed by atoms with E-state index < -0.39 is 5.91 Å². The molecule has 3 rings (SSSR count). The fraction of sp³-hybridized carbons (Fsp3) is 0.632. The van der Waals surface area contributed by atoms with Crippen molar-refractivity contribution >= 4 is 17.7 Å². The van der Waals surface area contributed by atoms with E-state index in [4.69, 9.17) is 4.42 Å². The molecule has 2 aliphatic rings. The predicted octanol–water partition coefficient (Wildman–Crippen LogP) is 1.65. The minimum Gasteiger partial charge on any atom is -0.459 e. The van der Waals surface area contributed by atoms with Crippen molar-refractivity contribution in [2.24, 2.45) is 5.92 Å². The van der Waals surface area contributed by atoms with E-state index in [2.05, 4.69) is 5.32 Å². The molecule has 142 valence electrons. The van der Waals surface area contributed by atoms with Crippen LogP contribution in [0.3, 0.4) is 0 Å². The van der Waals surface area contributed by atoms with E-state index >= 15 is 0 Å². The van der Waals surface area contributed by atoms with Crippen LogP contribution in [0, 0.1) is 5.92 Å². The Kier molecular flexibility index (Phi) is 6.30. The smallest absolute Gasteiger partial charge is 0.287 e. The van der Waals surface area contributed by atoms with Crippen LogP contribution in [0.4, 0.5) is 0 Å². The molecule has 26 heavy (non-hydrogen) atoms. The average molecular weight is 361 g/mol. The lowest BCUT2D eigenvalue weighted by Crippen LogP contribution is -2.47. The Morgan fingerprint density at radius 2 is 1.69 bits per heavy atom. The molecule has 1 N–H and O–H groups in total. The summed E-state index contributed by atoms with van der Waals surface area (Å²) in [6.45, 7) is 2.83. The van der Waals surface area contributed by atoms with E-state index in [9.17, 15) is 14.4 Å². The van der Waals surface area contributed by atoms with E-state index in [-0.39, 0.29) is 30.0 Å². The zero-order valence-electron chi connectivity index (χ0n) is 15.1. The van der Waals surface area contributed by atoms with Crippen molar-refractivity contribution in [3.05, 3.63) is 24.2 Å². The van der Waals surface area contributed by atoms with Crippen LogP contribution in [0.15, 0.2) is 22.8 Å². The second-order valence-corrected chi connectivity index (χ2v) is 7.05. The molecule has 2 aliphatic heterocycles. The van der Waals surface area contributed by atoms with Gasteiger partial charge in [-0.3, -0.25) is 14.4 Å². The van der Waals surface area contributed by atoms with Crippen LogP contribution in [0.25, 0.3) is 0 Å². The highest BCUT2D eigenvalue weighted by atomic mass is 16.3. The summed E-state index contributed by atoms with van der Waals surface area (Å²) in [4.78, 5) is 40.5. The molecule has 0 aliphatic carbocycles. The third kappa shape index (κ3) is 4.65. The summed E-state index contributed by atoms with van der Waals surface area (Å²) in [5, 5.41) is 2.58. The van der Waals surface area contributed by atoms with Gasteiger partial charge in [-0.2, -0.15) is 0 Å². The SMILES string of the molecule is O=C(NCC(=O)N1CCC(C(=O)N2CCCCCC2)CC1)c1ccco1. The van der Waals surface area contributed by atoms with Gasteiger partial charge < -0.3 is 19.5 Å². The normalized spacial score (nSPS) is 19.1. The first kappa shape index (κ1) is 18.5. The lowest BCUT2D eigenvalue weighted by atomic mass is 9.95. The molecular formula is C19H27N3O4. The van der Waals surface area contributed by atoms with Gasteiger partial charge in [0, 0.05) is 32.1 Å². The highest BCUT2D eigenvalue weighted by Crippen LogP contribution is 2.21. The van der Waals surface area contributed by atoms with Gasteiger partial charge in [0.25, 0.3) is 5.91 Å². The van der Waals surface area contributed by atoms with Crippen molar-refractivity contribution in [1.82, 2.24) is 15.1 Å². The molecule has 7 nitrogen and oxygen atoms in total. The maximum Gasteiger partial charge on any atom is 0.287 e. The Morgan fingerprint density at radius 1 is 1.00 bits per heavy atom. The fourth-order valence-electron chi connectivity index (χ4n) is 3.69. The minimum atomic E-state index is -0.394. The summed E-state index contributed by atoms with van der Waals surface area (Å²) >= 11 is 0. The number of furan rings is 1. The van der Waals surface area contributed by atoms with E-state index in [1.165, 1.54) is 19.1 Å². The highest BCUT2D eigenvalue weighted by Gasteiger charge is 2.30. The zero-order chi connectivity index (χ0) is 18.4. The van der Waals surface area contributed by atoms with Crippen molar-refractivity contribution in [3.8, 4) is 0 Å². The number of rotatable bonds is 4. The standard InChI is InChI=1S/C19H27N3O4/c23-17(14-20-18(24)16-6-5-13-26-16)21-11-7-15(8-12-21)19(25)22-9-3-1-2-4-10-22/h5-6,13,15H,1-4,7-12,14H2,(H,20,24). The number of amides is 3. The lowest BCUT2D eigenvalue weighted by Gasteiger charge is -2.34. The molecule has 1 aromatic heterocycles. The van der Waals surface area contributed by atoms with Gasteiger partial charge in [-0.1, -0.05) is 12.8 Å². The summed E-state index contributed by atoms with van der Waals surface area (Å²) in [5.74, 6) is -0.0420. The highest BCUT2D eigenvalue weighted by molar-refractivity contribution is 5.94. The number of carbonyl (C=O) groups is 3. The van der Waals surface area contributed by atoms with Crippen LogP contribution in [-0.4, -0.2) is 60.2 Å². The second-order valence-electron chi connectivity index (χ2n) is 7.05. The van der Waals surface area contributed by atoms with Crippen molar-refractivity contribution in [2.45, 2.75) is 38.5 Å². The largest absolute Gasteiger partial charge is 0.459 e. The average Bonchev–Trinajstić information content (AvgIpc) is 3.08. The summed E-state index contributed by atoms with van der Waals surface area (Å²) in [7, 11) is 0. The molecule has 7 heteroatoms. The molecule has 2 saturated heterocycles. The maximum absolute atomic E-state index is 12.7. The van der Waals surface area contributed by atoms with Gasteiger partial charge in [0.1, 0.15) is 0 Å². The Morgan fingerprint density at radius 3 is 2.31 bits per heavy atom. The first-order valence-corrected chi connectivity index (χ1v) is 9.53. The molecule has 0 spiro atoms. The molecule has 0 aromatic carbocycles. The summed E-state index contributed by atoms with van der Waals surface area (Å²) in [6, 6.07) is 3.18. The quantitative estimate of drug-likeness (QED) is 0.884. The van der Waals surface area contributed by atoms with Crippen LogP contribution in [0.1, 0.15) is 49.1 Å². The van der Waals surface area contributed by atoms with Crippen molar-refractivity contribution < 1.29 is 18.8 Å². The maximum atomic E-state index is 12.7. The zero-order valence-corrected chi connectivity index (χ0v) is 15.1. The molecule has 0 atom stereocenters. The molecule has 1 aromatic rings. The molecule has 0 radical (unpaired) electrons. The lowest BCUT2D eigenvalue weighted by molar-refractivity contribution is -0.140. The fourth-order valence-corrected chi connectivity index (χ4v) is 3.69. The Balaban J connectivity index is 1.42. The number of likely N-dealkylation sites (tertiary alicyclic amines) is 2. The summed E-state index contributed by atoms with van der Waals surface area (Å²) < 4.78 is 5.00. The Hall–Kier alpha value is -2.31. The summed E-state index contributed by atoms with van der Waals surface area (Å²) in [6.07, 6.45) is 7.43. The topological polar surface area (TPSA) is 82.9 Å². The third-order valence-corrected chi connectivity index (χ3v) is 5.26. The Bertz CT molecular complexity index is 613. The monoisotopic (exact) mass is 361 g/mol.